The van der Waals surface area contributed by atoms with Crippen LogP contribution in [0.15, 0.2) is 17.0 Å². The highest BCUT2D eigenvalue weighted by molar-refractivity contribution is 7.98. The molecule has 3 nitrogen and oxygen atoms in total. The lowest BCUT2D eigenvalue weighted by Crippen LogP contribution is -2.28. The number of fused-ring (bicyclic) bond motifs is 1. The molecule has 0 saturated carbocycles. The molecule has 0 amide bonds. The van der Waals surface area contributed by atoms with Crippen molar-refractivity contribution in [2.45, 2.75) is 50.6 Å². The summed E-state index contributed by atoms with van der Waals surface area (Å²) in [7, 11) is 0. The number of nitrogens with one attached hydrogen (secondary N) is 1. The molecule has 0 saturated heterocycles. The Balaban J connectivity index is 2.09. The maximum absolute atomic E-state index is 5.68. The van der Waals surface area contributed by atoms with E-state index in [0.29, 0.717) is 19.3 Å². The van der Waals surface area contributed by atoms with E-state index in [0.717, 1.165) is 18.0 Å². The molecule has 0 fully saturated rings. The minimum absolute atomic E-state index is 0.600. The molecule has 1 N–H and O–H groups in total. The van der Waals surface area contributed by atoms with E-state index in [1.54, 1.807) is 11.8 Å². The molecule has 20 heavy (non-hydrogen) atoms. The van der Waals surface area contributed by atoms with Crippen molar-refractivity contribution < 1.29 is 9.47 Å². The van der Waals surface area contributed by atoms with E-state index in [9.17, 15) is 0 Å². The normalized spacial score (nSPS) is 15.2. The number of ether oxygens (including phenoxy) is 2. The molecule has 1 aromatic rings. The Kier molecular flexibility index (Phi) is 6.05. The van der Waals surface area contributed by atoms with Crippen LogP contribution in [0, 0.1) is 0 Å². The predicted molar refractivity (Wildman–Crippen MR) is 85.0 cm³/mol. The Bertz CT molecular complexity index is 437. The first-order valence-corrected chi connectivity index (χ1v) is 8.70. The lowest BCUT2D eigenvalue weighted by atomic mass is 10.1. The Morgan fingerprint density at radius 3 is 2.50 bits per heavy atom. The lowest BCUT2D eigenvalue weighted by molar-refractivity contribution is 0.171. The van der Waals surface area contributed by atoms with Gasteiger partial charge < -0.3 is 14.8 Å². The molecule has 0 spiro atoms. The third-order valence-electron chi connectivity index (χ3n) is 3.66. The van der Waals surface area contributed by atoms with Crippen molar-refractivity contribution in [1.29, 1.82) is 0 Å². The summed E-state index contributed by atoms with van der Waals surface area (Å²) in [4.78, 5) is 1.27. The van der Waals surface area contributed by atoms with Gasteiger partial charge in [0.15, 0.2) is 11.5 Å². The number of hydrogen-bond acceptors (Lipinski definition) is 4. The van der Waals surface area contributed by atoms with Crippen LogP contribution in [0.2, 0.25) is 0 Å². The van der Waals surface area contributed by atoms with Crippen LogP contribution in [0.5, 0.6) is 11.5 Å². The largest absolute Gasteiger partial charge is 0.486 e. The molecule has 1 atom stereocenters. The van der Waals surface area contributed by atoms with Gasteiger partial charge in [0.2, 0.25) is 0 Å². The highest BCUT2D eigenvalue weighted by Gasteiger charge is 2.16. The van der Waals surface area contributed by atoms with Crippen LogP contribution in [0.3, 0.4) is 0 Å². The van der Waals surface area contributed by atoms with Gasteiger partial charge in [0, 0.05) is 17.5 Å². The quantitative estimate of drug-likeness (QED) is 0.774. The SMILES string of the molecule is CCCC(CC)NCc1cc2c(cc1SC)OCCO2. The van der Waals surface area contributed by atoms with Crippen LogP contribution in [-0.4, -0.2) is 25.5 Å². The summed E-state index contributed by atoms with van der Waals surface area (Å²) < 4.78 is 11.3. The summed E-state index contributed by atoms with van der Waals surface area (Å²) >= 11 is 1.77. The summed E-state index contributed by atoms with van der Waals surface area (Å²) in [6, 6.07) is 4.84. The van der Waals surface area contributed by atoms with Gasteiger partial charge >= 0.3 is 0 Å². The van der Waals surface area contributed by atoms with E-state index in [4.69, 9.17) is 9.47 Å². The standard InChI is InChI=1S/C16H25NO2S/c1-4-6-13(5-2)17-11-12-9-14-15(10-16(12)20-3)19-8-7-18-14/h9-10,13,17H,4-8,11H2,1-3H3. The molecule has 1 unspecified atom stereocenters. The summed E-state index contributed by atoms with van der Waals surface area (Å²) in [5.41, 5.74) is 1.30. The van der Waals surface area contributed by atoms with Crippen molar-refractivity contribution in [2.24, 2.45) is 0 Å². The molecule has 0 aliphatic carbocycles. The smallest absolute Gasteiger partial charge is 0.162 e. The lowest BCUT2D eigenvalue weighted by Gasteiger charge is -2.22. The van der Waals surface area contributed by atoms with E-state index in [1.807, 2.05) is 0 Å². The molecule has 1 aromatic carbocycles. The summed E-state index contributed by atoms with van der Waals surface area (Å²) in [6.07, 6.45) is 5.74. The molecule has 2 rings (SSSR count). The van der Waals surface area contributed by atoms with Gasteiger partial charge in [-0.2, -0.15) is 0 Å². The molecule has 4 heteroatoms. The van der Waals surface area contributed by atoms with Gasteiger partial charge in [-0.3, -0.25) is 0 Å². The van der Waals surface area contributed by atoms with Crippen molar-refractivity contribution in [1.82, 2.24) is 5.32 Å². The maximum Gasteiger partial charge on any atom is 0.162 e. The van der Waals surface area contributed by atoms with Crippen LogP contribution >= 0.6 is 11.8 Å². The second-order valence-electron chi connectivity index (χ2n) is 5.08. The van der Waals surface area contributed by atoms with Crippen LogP contribution < -0.4 is 14.8 Å². The van der Waals surface area contributed by atoms with E-state index in [2.05, 4.69) is 37.6 Å². The molecule has 112 valence electrons. The number of benzene rings is 1. The Labute approximate surface area is 126 Å². The fourth-order valence-corrected chi connectivity index (χ4v) is 3.11. The zero-order valence-corrected chi connectivity index (χ0v) is 13.5. The molecule has 1 aliphatic rings. The monoisotopic (exact) mass is 295 g/mol. The van der Waals surface area contributed by atoms with Gasteiger partial charge in [0.05, 0.1) is 0 Å². The van der Waals surface area contributed by atoms with E-state index >= 15 is 0 Å². The van der Waals surface area contributed by atoms with E-state index in [-0.39, 0.29) is 0 Å². The summed E-state index contributed by atoms with van der Waals surface area (Å²) in [5, 5.41) is 3.66. The first kappa shape index (κ1) is 15.5. The molecule has 0 aromatic heterocycles. The number of hydrogen-bond donors (Lipinski definition) is 1. The van der Waals surface area contributed by atoms with Gasteiger partial charge in [0.25, 0.3) is 0 Å². The molecule has 0 radical (unpaired) electrons. The second-order valence-corrected chi connectivity index (χ2v) is 5.93. The summed E-state index contributed by atoms with van der Waals surface area (Å²) in [6.45, 7) is 6.67. The fraction of sp³-hybridized carbons (Fsp3) is 0.625. The van der Waals surface area contributed by atoms with Crippen molar-refractivity contribution in [3.8, 4) is 11.5 Å². The van der Waals surface area contributed by atoms with Gasteiger partial charge in [-0.05, 0) is 36.8 Å². The van der Waals surface area contributed by atoms with Crippen molar-refractivity contribution in [2.75, 3.05) is 19.5 Å². The first-order chi connectivity index (χ1) is 9.78. The Morgan fingerprint density at radius 2 is 1.90 bits per heavy atom. The number of rotatable bonds is 7. The maximum atomic E-state index is 5.68. The Hall–Kier alpha value is -0.870. The van der Waals surface area contributed by atoms with Crippen molar-refractivity contribution >= 4 is 11.8 Å². The summed E-state index contributed by atoms with van der Waals surface area (Å²) in [5.74, 6) is 1.76. The van der Waals surface area contributed by atoms with Crippen LogP contribution in [0.25, 0.3) is 0 Å². The average Bonchev–Trinajstić information content (AvgIpc) is 2.50. The van der Waals surface area contributed by atoms with E-state index < -0.39 is 0 Å². The van der Waals surface area contributed by atoms with Crippen LogP contribution in [-0.2, 0) is 6.54 Å². The topological polar surface area (TPSA) is 30.5 Å². The second kappa shape index (κ2) is 7.79. The number of thioether (sulfide) groups is 1. The van der Waals surface area contributed by atoms with Gasteiger partial charge in [-0.15, -0.1) is 11.8 Å². The molecule has 0 bridgehead atoms. The highest BCUT2D eigenvalue weighted by Crippen LogP contribution is 2.36. The van der Waals surface area contributed by atoms with Crippen molar-refractivity contribution in [3.63, 3.8) is 0 Å². The minimum atomic E-state index is 0.600. The van der Waals surface area contributed by atoms with Gasteiger partial charge in [-0.25, -0.2) is 0 Å². The van der Waals surface area contributed by atoms with Crippen molar-refractivity contribution in [3.05, 3.63) is 17.7 Å². The van der Waals surface area contributed by atoms with Crippen LogP contribution in [0.1, 0.15) is 38.7 Å². The van der Waals surface area contributed by atoms with E-state index in [1.165, 1.54) is 29.7 Å². The Morgan fingerprint density at radius 1 is 1.20 bits per heavy atom. The fourth-order valence-electron chi connectivity index (χ4n) is 2.49. The zero-order chi connectivity index (χ0) is 14.4. The third kappa shape index (κ3) is 3.83. The molecule has 1 heterocycles. The average molecular weight is 295 g/mol. The molecular formula is C16H25NO2S. The predicted octanol–water partition coefficient (Wildman–Crippen LogP) is 3.85. The molecule has 1 aliphatic heterocycles. The van der Waals surface area contributed by atoms with Gasteiger partial charge in [0.1, 0.15) is 13.2 Å². The van der Waals surface area contributed by atoms with Crippen LogP contribution in [0.4, 0.5) is 0 Å². The molecular weight excluding hydrogens is 270 g/mol. The minimum Gasteiger partial charge on any atom is -0.486 e. The first-order valence-electron chi connectivity index (χ1n) is 7.48. The third-order valence-corrected chi connectivity index (χ3v) is 4.48. The zero-order valence-electron chi connectivity index (χ0n) is 12.7. The highest BCUT2D eigenvalue weighted by atomic mass is 32.2. The van der Waals surface area contributed by atoms with Gasteiger partial charge in [-0.1, -0.05) is 20.3 Å².